The fraction of sp³-hybridized carbons (Fsp3) is 0.455. The van der Waals surface area contributed by atoms with Crippen LogP contribution < -0.4 is 0 Å². The third-order valence-electron chi connectivity index (χ3n) is 2.44. The molecule has 0 heterocycles. The molecular weight excluding hydrogens is 186 g/mol. The van der Waals surface area contributed by atoms with Gasteiger partial charge in [-0.1, -0.05) is 12.1 Å². The number of alkyl halides is 2. The first-order valence-corrected chi connectivity index (χ1v) is 4.47. The summed E-state index contributed by atoms with van der Waals surface area (Å²) in [4.78, 5) is 0. The molecule has 0 aliphatic heterocycles. The highest BCUT2D eigenvalue weighted by atomic mass is 19.3. The molecule has 0 aliphatic rings. The van der Waals surface area contributed by atoms with Crippen LogP contribution in [0.5, 0.6) is 0 Å². The van der Waals surface area contributed by atoms with Crippen molar-refractivity contribution in [1.29, 1.82) is 0 Å². The summed E-state index contributed by atoms with van der Waals surface area (Å²) in [5.74, 6) is 0. The molecule has 1 N–H and O–H groups in total. The Morgan fingerprint density at radius 3 is 2.00 bits per heavy atom. The summed E-state index contributed by atoms with van der Waals surface area (Å²) >= 11 is 0. The molecule has 0 saturated heterocycles. The number of aryl methyl sites for hydroxylation is 3. The molecular formula is C11H14F2O. The largest absolute Gasteiger partial charge is 0.382 e. The highest BCUT2D eigenvalue weighted by molar-refractivity contribution is 5.37. The third-order valence-corrected chi connectivity index (χ3v) is 2.44. The lowest BCUT2D eigenvalue weighted by Gasteiger charge is -2.14. The maximum atomic E-state index is 12.3. The van der Waals surface area contributed by atoms with Gasteiger partial charge in [-0.2, -0.15) is 0 Å². The van der Waals surface area contributed by atoms with Gasteiger partial charge in [-0.3, -0.25) is 0 Å². The van der Waals surface area contributed by atoms with Gasteiger partial charge in [-0.15, -0.1) is 0 Å². The Labute approximate surface area is 82.4 Å². The fourth-order valence-electron chi connectivity index (χ4n) is 1.44. The lowest BCUT2D eigenvalue weighted by Crippen LogP contribution is -2.10. The van der Waals surface area contributed by atoms with Crippen LogP contribution >= 0.6 is 0 Å². The van der Waals surface area contributed by atoms with Crippen LogP contribution in [-0.4, -0.2) is 11.5 Å². The molecule has 0 radical (unpaired) electrons. The predicted octanol–water partition coefficient (Wildman–Crippen LogP) is 2.91. The maximum absolute atomic E-state index is 12.3. The minimum atomic E-state index is -2.73. The van der Waals surface area contributed by atoms with Gasteiger partial charge in [0.25, 0.3) is 6.43 Å². The van der Waals surface area contributed by atoms with E-state index in [1.807, 2.05) is 19.9 Å². The van der Waals surface area contributed by atoms with Gasteiger partial charge >= 0.3 is 0 Å². The molecule has 0 aromatic heterocycles. The Bertz CT molecular complexity index is 334. The van der Waals surface area contributed by atoms with Crippen molar-refractivity contribution in [1.82, 2.24) is 0 Å². The van der Waals surface area contributed by atoms with Crippen LogP contribution in [-0.2, 0) is 0 Å². The van der Waals surface area contributed by atoms with Crippen LogP contribution in [0.25, 0.3) is 0 Å². The number of halogens is 2. The number of benzene rings is 1. The van der Waals surface area contributed by atoms with Crippen LogP contribution in [0.2, 0.25) is 0 Å². The molecule has 0 amide bonds. The zero-order valence-corrected chi connectivity index (χ0v) is 8.51. The molecule has 1 atom stereocenters. The first kappa shape index (κ1) is 11.1. The molecule has 1 rings (SSSR count). The van der Waals surface area contributed by atoms with Gasteiger partial charge in [0.2, 0.25) is 0 Å². The predicted molar refractivity (Wildman–Crippen MR) is 51.6 cm³/mol. The van der Waals surface area contributed by atoms with Crippen molar-refractivity contribution in [2.45, 2.75) is 33.3 Å². The smallest absolute Gasteiger partial charge is 0.268 e. The van der Waals surface area contributed by atoms with Crippen LogP contribution in [0.1, 0.15) is 28.4 Å². The SMILES string of the molecule is Cc1cc(C)c(C(O)C(F)F)cc1C. The second-order valence-electron chi connectivity index (χ2n) is 3.57. The molecule has 14 heavy (non-hydrogen) atoms. The first-order valence-electron chi connectivity index (χ1n) is 4.47. The van der Waals surface area contributed by atoms with Crippen molar-refractivity contribution in [3.8, 4) is 0 Å². The summed E-state index contributed by atoms with van der Waals surface area (Å²) in [6, 6.07) is 3.44. The molecule has 0 aliphatic carbocycles. The van der Waals surface area contributed by atoms with Gasteiger partial charge in [-0.25, -0.2) is 8.78 Å². The quantitative estimate of drug-likeness (QED) is 0.778. The lowest BCUT2D eigenvalue weighted by molar-refractivity contribution is -0.00616. The van der Waals surface area contributed by atoms with Crippen molar-refractivity contribution >= 4 is 0 Å². The van der Waals surface area contributed by atoms with Crippen molar-refractivity contribution in [2.75, 3.05) is 0 Å². The summed E-state index contributed by atoms with van der Waals surface area (Å²) in [6.07, 6.45) is -4.40. The van der Waals surface area contributed by atoms with E-state index in [0.29, 0.717) is 11.1 Å². The van der Waals surface area contributed by atoms with E-state index in [1.165, 1.54) is 0 Å². The van der Waals surface area contributed by atoms with Gasteiger partial charge < -0.3 is 5.11 Å². The topological polar surface area (TPSA) is 20.2 Å². The van der Waals surface area contributed by atoms with Gasteiger partial charge in [-0.05, 0) is 43.0 Å². The molecule has 1 unspecified atom stereocenters. The molecule has 0 saturated carbocycles. The maximum Gasteiger partial charge on any atom is 0.268 e. The first-order chi connectivity index (χ1) is 6.43. The normalized spacial score (nSPS) is 13.4. The lowest BCUT2D eigenvalue weighted by atomic mass is 9.97. The van der Waals surface area contributed by atoms with E-state index in [1.54, 1.807) is 13.0 Å². The van der Waals surface area contributed by atoms with Crippen LogP contribution in [0.3, 0.4) is 0 Å². The van der Waals surface area contributed by atoms with Crippen LogP contribution in [0, 0.1) is 20.8 Å². The van der Waals surface area contributed by atoms with Crippen LogP contribution in [0.4, 0.5) is 8.78 Å². The highest BCUT2D eigenvalue weighted by Gasteiger charge is 2.21. The number of hydrogen-bond donors (Lipinski definition) is 1. The Morgan fingerprint density at radius 2 is 1.50 bits per heavy atom. The Morgan fingerprint density at radius 1 is 1.00 bits per heavy atom. The standard InChI is InChI=1S/C11H14F2O/c1-6-4-8(3)9(5-7(6)2)10(14)11(12)13/h4-5,10-11,14H,1-3H3. The fourth-order valence-corrected chi connectivity index (χ4v) is 1.44. The second kappa shape index (κ2) is 4.05. The van der Waals surface area contributed by atoms with Crippen LogP contribution in [0.15, 0.2) is 12.1 Å². The molecule has 1 aromatic carbocycles. The average molecular weight is 200 g/mol. The average Bonchev–Trinajstić information content (AvgIpc) is 2.10. The highest BCUT2D eigenvalue weighted by Crippen LogP contribution is 2.25. The summed E-state index contributed by atoms with van der Waals surface area (Å²) in [5, 5.41) is 9.24. The van der Waals surface area contributed by atoms with Crippen molar-refractivity contribution in [2.24, 2.45) is 0 Å². The molecule has 0 bridgehead atoms. The number of hydrogen-bond acceptors (Lipinski definition) is 1. The van der Waals surface area contributed by atoms with Crippen molar-refractivity contribution < 1.29 is 13.9 Å². The van der Waals surface area contributed by atoms with E-state index < -0.39 is 12.5 Å². The van der Waals surface area contributed by atoms with E-state index in [-0.39, 0.29) is 0 Å². The molecule has 3 heteroatoms. The summed E-state index contributed by atoms with van der Waals surface area (Å²) in [6.45, 7) is 5.49. The van der Waals surface area contributed by atoms with Crippen molar-refractivity contribution in [3.63, 3.8) is 0 Å². The van der Waals surface area contributed by atoms with E-state index >= 15 is 0 Å². The second-order valence-corrected chi connectivity index (χ2v) is 3.57. The third kappa shape index (κ3) is 2.10. The zero-order valence-electron chi connectivity index (χ0n) is 8.51. The minimum absolute atomic E-state index is 0.322. The van der Waals surface area contributed by atoms with E-state index in [2.05, 4.69) is 0 Å². The van der Waals surface area contributed by atoms with E-state index in [4.69, 9.17) is 0 Å². The zero-order chi connectivity index (χ0) is 10.9. The molecule has 0 spiro atoms. The Kier molecular flexibility index (Phi) is 3.21. The van der Waals surface area contributed by atoms with Gasteiger partial charge in [0.1, 0.15) is 6.10 Å². The van der Waals surface area contributed by atoms with Gasteiger partial charge in [0.05, 0.1) is 0 Å². The number of aliphatic hydroxyl groups is 1. The summed E-state index contributed by atoms with van der Waals surface area (Å²) < 4.78 is 24.6. The van der Waals surface area contributed by atoms with Gasteiger partial charge in [0.15, 0.2) is 0 Å². The van der Waals surface area contributed by atoms with E-state index in [9.17, 15) is 13.9 Å². The minimum Gasteiger partial charge on any atom is -0.382 e. The summed E-state index contributed by atoms with van der Waals surface area (Å²) in [7, 11) is 0. The van der Waals surface area contributed by atoms with Gasteiger partial charge in [0, 0.05) is 0 Å². The summed E-state index contributed by atoms with van der Waals surface area (Å²) in [5.41, 5.74) is 3.00. The Balaban J connectivity index is 3.15. The van der Waals surface area contributed by atoms with Crippen molar-refractivity contribution in [3.05, 3.63) is 34.4 Å². The monoisotopic (exact) mass is 200 g/mol. The number of rotatable bonds is 2. The Hall–Kier alpha value is -0.960. The van der Waals surface area contributed by atoms with E-state index in [0.717, 1.165) is 11.1 Å². The number of aliphatic hydroxyl groups excluding tert-OH is 1. The molecule has 0 fully saturated rings. The molecule has 1 aromatic rings. The molecule has 78 valence electrons. The molecule has 1 nitrogen and oxygen atoms in total.